The van der Waals surface area contributed by atoms with Crippen LogP contribution in [0.4, 0.5) is 0 Å². The fraction of sp³-hybridized carbons (Fsp3) is 0.931. The van der Waals surface area contributed by atoms with Gasteiger partial charge in [-0.15, -0.1) is 0 Å². The van der Waals surface area contributed by atoms with Crippen molar-refractivity contribution in [3.05, 3.63) is 11.6 Å². The SMILES string of the molecule is CC[C@H](CC[C@@H](C)[C@H]1CC[C@H]2[C@@H]3CC[C@H]4C[C@@H](O)CC[C@]4(C)C3=CC[C@]12C)C(C)C. The first-order valence-corrected chi connectivity index (χ1v) is 13.6. The van der Waals surface area contributed by atoms with E-state index >= 15 is 0 Å². The molecule has 9 atom stereocenters. The fourth-order valence-electron chi connectivity index (χ4n) is 9.16. The van der Waals surface area contributed by atoms with Gasteiger partial charge in [0.05, 0.1) is 6.10 Å². The zero-order valence-electron chi connectivity index (χ0n) is 20.9. The number of allylic oxidation sites excluding steroid dienone is 2. The summed E-state index contributed by atoms with van der Waals surface area (Å²) in [5.74, 6) is 6.03. The highest BCUT2D eigenvalue weighted by molar-refractivity contribution is 5.29. The van der Waals surface area contributed by atoms with Crippen LogP contribution in [0.25, 0.3) is 0 Å². The Morgan fingerprint density at radius 3 is 2.50 bits per heavy atom. The van der Waals surface area contributed by atoms with Crippen molar-refractivity contribution in [2.24, 2.45) is 52.3 Å². The molecule has 172 valence electrons. The molecule has 1 N–H and O–H groups in total. The second kappa shape index (κ2) is 8.57. The first kappa shape index (κ1) is 22.9. The van der Waals surface area contributed by atoms with Crippen molar-refractivity contribution in [3.63, 3.8) is 0 Å². The molecule has 4 aliphatic carbocycles. The highest BCUT2D eigenvalue weighted by atomic mass is 16.3. The predicted octanol–water partition coefficient (Wildman–Crippen LogP) is 8.02. The molecule has 0 aromatic heterocycles. The van der Waals surface area contributed by atoms with E-state index in [9.17, 15) is 5.11 Å². The molecule has 1 heteroatoms. The Labute approximate surface area is 187 Å². The summed E-state index contributed by atoms with van der Waals surface area (Å²) in [7, 11) is 0. The van der Waals surface area contributed by atoms with Crippen molar-refractivity contribution in [1.82, 2.24) is 0 Å². The largest absolute Gasteiger partial charge is 0.393 e. The number of rotatable bonds is 6. The van der Waals surface area contributed by atoms with E-state index in [1.165, 1.54) is 57.8 Å². The van der Waals surface area contributed by atoms with Crippen molar-refractivity contribution in [1.29, 1.82) is 0 Å². The quantitative estimate of drug-likeness (QED) is 0.436. The van der Waals surface area contributed by atoms with Crippen molar-refractivity contribution >= 4 is 0 Å². The molecular weight excluding hydrogens is 364 g/mol. The van der Waals surface area contributed by atoms with Gasteiger partial charge in [0.15, 0.2) is 0 Å². The van der Waals surface area contributed by atoms with Crippen LogP contribution >= 0.6 is 0 Å². The van der Waals surface area contributed by atoms with Crippen LogP contribution in [0.3, 0.4) is 0 Å². The summed E-state index contributed by atoms with van der Waals surface area (Å²) < 4.78 is 0. The van der Waals surface area contributed by atoms with E-state index in [0.717, 1.165) is 54.3 Å². The molecular formula is C29H50O. The normalized spacial score (nSPS) is 45.3. The van der Waals surface area contributed by atoms with Gasteiger partial charge in [0.1, 0.15) is 0 Å². The Morgan fingerprint density at radius 2 is 1.80 bits per heavy atom. The third-order valence-electron chi connectivity index (χ3n) is 11.2. The van der Waals surface area contributed by atoms with Crippen molar-refractivity contribution in [2.75, 3.05) is 0 Å². The molecule has 0 aromatic carbocycles. The van der Waals surface area contributed by atoms with Gasteiger partial charge in [0.25, 0.3) is 0 Å². The molecule has 1 nitrogen and oxygen atoms in total. The second-order valence-corrected chi connectivity index (χ2v) is 12.9. The molecule has 0 amide bonds. The van der Waals surface area contributed by atoms with Gasteiger partial charge < -0.3 is 5.11 Å². The van der Waals surface area contributed by atoms with E-state index in [1.54, 1.807) is 0 Å². The lowest BCUT2D eigenvalue weighted by Gasteiger charge is -2.57. The third kappa shape index (κ3) is 3.74. The van der Waals surface area contributed by atoms with Crippen LogP contribution < -0.4 is 0 Å². The minimum absolute atomic E-state index is 0.0384. The lowest BCUT2D eigenvalue weighted by Crippen LogP contribution is -2.48. The maximum absolute atomic E-state index is 10.3. The van der Waals surface area contributed by atoms with Gasteiger partial charge in [0, 0.05) is 0 Å². The van der Waals surface area contributed by atoms with E-state index in [0.29, 0.717) is 10.8 Å². The van der Waals surface area contributed by atoms with Gasteiger partial charge in [-0.2, -0.15) is 0 Å². The molecule has 0 saturated heterocycles. The number of hydrogen-bond acceptors (Lipinski definition) is 1. The third-order valence-corrected chi connectivity index (χ3v) is 11.2. The highest BCUT2D eigenvalue weighted by Gasteiger charge is 2.57. The molecule has 0 heterocycles. The van der Waals surface area contributed by atoms with Crippen LogP contribution in [-0.2, 0) is 0 Å². The first-order chi connectivity index (χ1) is 14.2. The average Bonchev–Trinajstić information content (AvgIpc) is 3.06. The molecule has 0 unspecified atom stereocenters. The molecule has 3 saturated carbocycles. The van der Waals surface area contributed by atoms with E-state index in [-0.39, 0.29) is 6.10 Å². The van der Waals surface area contributed by atoms with Crippen molar-refractivity contribution in [2.45, 2.75) is 118 Å². The summed E-state index contributed by atoms with van der Waals surface area (Å²) in [4.78, 5) is 0. The van der Waals surface area contributed by atoms with Crippen molar-refractivity contribution < 1.29 is 5.11 Å². The van der Waals surface area contributed by atoms with Crippen molar-refractivity contribution in [3.8, 4) is 0 Å². The number of hydrogen-bond donors (Lipinski definition) is 1. The maximum Gasteiger partial charge on any atom is 0.0543 e. The lowest BCUT2D eigenvalue weighted by atomic mass is 9.48. The van der Waals surface area contributed by atoms with E-state index < -0.39 is 0 Å². The summed E-state index contributed by atoms with van der Waals surface area (Å²) in [6, 6.07) is 0. The van der Waals surface area contributed by atoms with Crippen LogP contribution in [0.5, 0.6) is 0 Å². The maximum atomic E-state index is 10.3. The van der Waals surface area contributed by atoms with Crippen LogP contribution in [-0.4, -0.2) is 11.2 Å². The summed E-state index contributed by atoms with van der Waals surface area (Å²) in [5.41, 5.74) is 2.76. The summed E-state index contributed by atoms with van der Waals surface area (Å²) >= 11 is 0. The Balaban J connectivity index is 1.49. The Hall–Kier alpha value is -0.300. The average molecular weight is 415 g/mol. The highest BCUT2D eigenvalue weighted by Crippen LogP contribution is 2.66. The molecule has 0 aliphatic heterocycles. The first-order valence-electron chi connectivity index (χ1n) is 13.6. The Morgan fingerprint density at radius 1 is 1.03 bits per heavy atom. The zero-order valence-corrected chi connectivity index (χ0v) is 20.9. The summed E-state index contributed by atoms with van der Waals surface area (Å²) in [5, 5.41) is 10.3. The monoisotopic (exact) mass is 414 g/mol. The smallest absolute Gasteiger partial charge is 0.0543 e. The Bertz CT molecular complexity index is 634. The zero-order chi connectivity index (χ0) is 21.7. The van der Waals surface area contributed by atoms with E-state index in [4.69, 9.17) is 0 Å². The molecule has 30 heavy (non-hydrogen) atoms. The molecule has 0 radical (unpaired) electrons. The number of aliphatic hydroxyl groups is 1. The van der Waals surface area contributed by atoms with Gasteiger partial charge in [-0.3, -0.25) is 0 Å². The molecule has 0 spiro atoms. The molecule has 0 bridgehead atoms. The minimum atomic E-state index is -0.0384. The van der Waals surface area contributed by atoms with Gasteiger partial charge in [-0.05, 0) is 110 Å². The van der Waals surface area contributed by atoms with E-state index in [2.05, 4.69) is 47.6 Å². The molecule has 0 aromatic rings. The Kier molecular flexibility index (Phi) is 6.53. The van der Waals surface area contributed by atoms with Crippen LogP contribution in [0, 0.1) is 52.3 Å². The van der Waals surface area contributed by atoms with Gasteiger partial charge in [-0.1, -0.05) is 66.0 Å². The molecule has 4 rings (SSSR count). The number of fused-ring (bicyclic) bond motifs is 5. The summed E-state index contributed by atoms with van der Waals surface area (Å²) in [6.45, 7) is 15.1. The molecule has 4 aliphatic rings. The fourth-order valence-corrected chi connectivity index (χ4v) is 9.16. The van der Waals surface area contributed by atoms with E-state index in [1.807, 2.05) is 5.57 Å². The second-order valence-electron chi connectivity index (χ2n) is 12.9. The van der Waals surface area contributed by atoms with Crippen LogP contribution in [0.2, 0.25) is 0 Å². The van der Waals surface area contributed by atoms with Gasteiger partial charge >= 0.3 is 0 Å². The number of aliphatic hydroxyl groups excluding tert-OH is 1. The van der Waals surface area contributed by atoms with Gasteiger partial charge in [0.2, 0.25) is 0 Å². The topological polar surface area (TPSA) is 20.2 Å². The van der Waals surface area contributed by atoms with Gasteiger partial charge in [-0.25, -0.2) is 0 Å². The predicted molar refractivity (Wildman–Crippen MR) is 128 cm³/mol. The summed E-state index contributed by atoms with van der Waals surface area (Å²) in [6.07, 6.45) is 17.2. The lowest BCUT2D eigenvalue weighted by molar-refractivity contribution is -0.0160. The minimum Gasteiger partial charge on any atom is -0.393 e. The van der Waals surface area contributed by atoms with Crippen LogP contribution in [0.15, 0.2) is 11.6 Å². The molecule has 3 fully saturated rings. The van der Waals surface area contributed by atoms with Crippen LogP contribution in [0.1, 0.15) is 112 Å². The standard InChI is InChI=1S/C29H50O/c1-7-21(19(2)3)9-8-20(4)25-12-13-26-24-11-10-22-18-23(30)14-16-28(22,5)27(24)15-17-29(25,26)6/h15,19-26,30H,7-14,16-18H2,1-6H3/t20-,21-,22+,23+,24+,25-,26+,28+,29-/m1/s1.